The average molecular weight is 288 g/mol. The van der Waals surface area contributed by atoms with Crippen molar-refractivity contribution in [2.45, 2.75) is 64.5 Å². The Morgan fingerprint density at radius 1 is 1.33 bits per heavy atom. The average Bonchev–Trinajstić information content (AvgIpc) is 2.44. The highest BCUT2D eigenvalue weighted by Gasteiger charge is 2.24. The molecule has 2 rings (SSSR count). The van der Waals surface area contributed by atoms with Crippen LogP contribution >= 0.6 is 0 Å². The lowest BCUT2D eigenvalue weighted by molar-refractivity contribution is -0.123. The number of hydrogen-bond acceptors (Lipinski definition) is 2. The molecule has 0 heterocycles. The van der Waals surface area contributed by atoms with Gasteiger partial charge in [-0.25, -0.2) is 0 Å². The first-order valence-corrected chi connectivity index (χ1v) is 8.15. The summed E-state index contributed by atoms with van der Waals surface area (Å²) in [6, 6.07) is 8.72. The SMILES string of the molecule is Cc1ccccc1CC(C)NC(=O)CC1CCCCC1N. The summed E-state index contributed by atoms with van der Waals surface area (Å²) in [6.07, 6.45) is 6.05. The lowest BCUT2D eigenvalue weighted by Gasteiger charge is -2.28. The molecule has 3 heteroatoms. The second kappa shape index (κ2) is 7.60. The van der Waals surface area contributed by atoms with Gasteiger partial charge in [-0.15, -0.1) is 0 Å². The van der Waals surface area contributed by atoms with E-state index in [1.807, 2.05) is 6.07 Å². The standard InChI is InChI=1S/C18H28N2O/c1-13-7-3-4-8-15(13)11-14(2)20-18(21)12-16-9-5-6-10-17(16)19/h3-4,7-8,14,16-17H,5-6,9-12,19H2,1-2H3,(H,20,21). The molecule has 3 nitrogen and oxygen atoms in total. The van der Waals surface area contributed by atoms with Gasteiger partial charge in [-0.05, 0) is 50.2 Å². The molecule has 3 atom stereocenters. The van der Waals surface area contributed by atoms with Crippen molar-refractivity contribution in [3.63, 3.8) is 0 Å². The van der Waals surface area contributed by atoms with Gasteiger partial charge >= 0.3 is 0 Å². The maximum atomic E-state index is 12.2. The van der Waals surface area contributed by atoms with Crippen LogP contribution in [0.4, 0.5) is 0 Å². The molecular formula is C18H28N2O. The first kappa shape index (κ1) is 16.0. The van der Waals surface area contributed by atoms with Crippen LogP contribution in [0.15, 0.2) is 24.3 Å². The van der Waals surface area contributed by atoms with Crippen molar-refractivity contribution in [1.29, 1.82) is 0 Å². The second-order valence-electron chi connectivity index (χ2n) is 6.51. The first-order chi connectivity index (χ1) is 10.1. The van der Waals surface area contributed by atoms with Gasteiger partial charge in [0.2, 0.25) is 5.91 Å². The largest absolute Gasteiger partial charge is 0.353 e. The Kier molecular flexibility index (Phi) is 5.80. The van der Waals surface area contributed by atoms with E-state index in [-0.39, 0.29) is 18.0 Å². The second-order valence-corrected chi connectivity index (χ2v) is 6.51. The number of aryl methyl sites for hydroxylation is 1. The van der Waals surface area contributed by atoms with E-state index >= 15 is 0 Å². The first-order valence-electron chi connectivity index (χ1n) is 8.15. The quantitative estimate of drug-likeness (QED) is 0.875. The Morgan fingerprint density at radius 2 is 2.05 bits per heavy atom. The molecule has 0 aliphatic heterocycles. The van der Waals surface area contributed by atoms with E-state index in [0.717, 1.165) is 19.3 Å². The zero-order valence-electron chi connectivity index (χ0n) is 13.3. The van der Waals surface area contributed by atoms with E-state index in [0.29, 0.717) is 12.3 Å². The monoisotopic (exact) mass is 288 g/mol. The highest BCUT2D eigenvalue weighted by atomic mass is 16.1. The highest BCUT2D eigenvalue weighted by molar-refractivity contribution is 5.76. The summed E-state index contributed by atoms with van der Waals surface area (Å²) in [5.74, 6) is 0.517. The van der Waals surface area contributed by atoms with Crippen molar-refractivity contribution in [2.75, 3.05) is 0 Å². The van der Waals surface area contributed by atoms with Crippen LogP contribution in [0, 0.1) is 12.8 Å². The molecule has 21 heavy (non-hydrogen) atoms. The predicted molar refractivity (Wildman–Crippen MR) is 87.0 cm³/mol. The summed E-state index contributed by atoms with van der Waals surface area (Å²) in [6.45, 7) is 4.19. The molecule has 3 unspecified atom stereocenters. The number of nitrogens with two attached hydrogens (primary N) is 1. The van der Waals surface area contributed by atoms with E-state index in [4.69, 9.17) is 5.73 Å². The number of carbonyl (C=O) groups excluding carboxylic acids is 1. The molecule has 3 N–H and O–H groups in total. The summed E-state index contributed by atoms with van der Waals surface area (Å²) in [5, 5.41) is 3.13. The molecule has 1 saturated carbocycles. The third-order valence-electron chi connectivity index (χ3n) is 4.61. The zero-order chi connectivity index (χ0) is 15.2. The number of carbonyl (C=O) groups is 1. The maximum absolute atomic E-state index is 12.2. The Bertz CT molecular complexity index is 472. The van der Waals surface area contributed by atoms with Gasteiger partial charge < -0.3 is 11.1 Å². The molecule has 1 aliphatic carbocycles. The molecule has 0 bridgehead atoms. The van der Waals surface area contributed by atoms with Crippen molar-refractivity contribution >= 4 is 5.91 Å². The maximum Gasteiger partial charge on any atom is 0.220 e. The number of benzene rings is 1. The van der Waals surface area contributed by atoms with E-state index in [1.165, 1.54) is 24.0 Å². The van der Waals surface area contributed by atoms with Gasteiger partial charge in [0.05, 0.1) is 0 Å². The van der Waals surface area contributed by atoms with Crippen LogP contribution in [-0.4, -0.2) is 18.0 Å². The van der Waals surface area contributed by atoms with Crippen LogP contribution in [0.2, 0.25) is 0 Å². The number of rotatable bonds is 5. The van der Waals surface area contributed by atoms with E-state index < -0.39 is 0 Å². The molecule has 0 spiro atoms. The summed E-state index contributed by atoms with van der Waals surface area (Å²) < 4.78 is 0. The van der Waals surface area contributed by atoms with Gasteiger partial charge in [0, 0.05) is 18.5 Å². The summed E-state index contributed by atoms with van der Waals surface area (Å²) in [4.78, 5) is 12.2. The third kappa shape index (κ3) is 4.85. The Balaban J connectivity index is 1.80. The summed E-state index contributed by atoms with van der Waals surface area (Å²) in [7, 11) is 0. The van der Waals surface area contributed by atoms with Gasteiger partial charge in [0.15, 0.2) is 0 Å². The fourth-order valence-electron chi connectivity index (χ4n) is 3.28. The molecule has 1 fully saturated rings. The molecule has 116 valence electrons. The van der Waals surface area contributed by atoms with Gasteiger partial charge in [0.1, 0.15) is 0 Å². The third-order valence-corrected chi connectivity index (χ3v) is 4.61. The molecule has 1 aliphatic rings. The molecule has 0 saturated heterocycles. The minimum atomic E-state index is 0.151. The lowest BCUT2D eigenvalue weighted by atomic mass is 9.83. The molecule has 1 aromatic carbocycles. The highest BCUT2D eigenvalue weighted by Crippen LogP contribution is 2.25. The van der Waals surface area contributed by atoms with Crippen LogP contribution in [0.25, 0.3) is 0 Å². The van der Waals surface area contributed by atoms with Crippen molar-refractivity contribution in [2.24, 2.45) is 11.7 Å². The Hall–Kier alpha value is -1.35. The van der Waals surface area contributed by atoms with Crippen molar-refractivity contribution < 1.29 is 4.79 Å². The molecular weight excluding hydrogens is 260 g/mol. The van der Waals surface area contributed by atoms with Gasteiger partial charge in [-0.3, -0.25) is 4.79 Å². The molecule has 0 radical (unpaired) electrons. The summed E-state index contributed by atoms with van der Waals surface area (Å²) in [5.41, 5.74) is 8.71. The topological polar surface area (TPSA) is 55.1 Å². The van der Waals surface area contributed by atoms with Gasteiger partial charge in [-0.2, -0.15) is 0 Å². The minimum absolute atomic E-state index is 0.151. The van der Waals surface area contributed by atoms with E-state index in [2.05, 4.69) is 37.4 Å². The van der Waals surface area contributed by atoms with Crippen LogP contribution in [0.1, 0.15) is 50.2 Å². The van der Waals surface area contributed by atoms with Crippen LogP contribution in [0.5, 0.6) is 0 Å². The fourth-order valence-corrected chi connectivity index (χ4v) is 3.28. The summed E-state index contributed by atoms with van der Waals surface area (Å²) >= 11 is 0. The van der Waals surface area contributed by atoms with E-state index in [9.17, 15) is 4.79 Å². The van der Waals surface area contributed by atoms with E-state index in [1.54, 1.807) is 0 Å². The van der Waals surface area contributed by atoms with Gasteiger partial charge in [-0.1, -0.05) is 37.1 Å². The van der Waals surface area contributed by atoms with Crippen molar-refractivity contribution in [3.05, 3.63) is 35.4 Å². The molecule has 0 aromatic heterocycles. The van der Waals surface area contributed by atoms with Gasteiger partial charge in [0.25, 0.3) is 0 Å². The Morgan fingerprint density at radius 3 is 2.76 bits per heavy atom. The van der Waals surface area contributed by atoms with Crippen molar-refractivity contribution in [3.8, 4) is 0 Å². The number of nitrogens with one attached hydrogen (secondary N) is 1. The number of hydrogen-bond donors (Lipinski definition) is 2. The Labute approximate surface area is 128 Å². The van der Waals surface area contributed by atoms with Crippen LogP contribution in [-0.2, 0) is 11.2 Å². The zero-order valence-corrected chi connectivity index (χ0v) is 13.3. The lowest BCUT2D eigenvalue weighted by Crippen LogP contribution is -2.40. The molecule has 1 aromatic rings. The van der Waals surface area contributed by atoms with Crippen LogP contribution < -0.4 is 11.1 Å². The van der Waals surface area contributed by atoms with Crippen LogP contribution in [0.3, 0.4) is 0 Å². The number of amides is 1. The molecule has 1 amide bonds. The normalized spacial score (nSPS) is 23.6. The minimum Gasteiger partial charge on any atom is -0.353 e. The van der Waals surface area contributed by atoms with Crippen molar-refractivity contribution in [1.82, 2.24) is 5.32 Å². The fraction of sp³-hybridized carbons (Fsp3) is 0.611. The predicted octanol–water partition coefficient (Wildman–Crippen LogP) is 2.95. The smallest absolute Gasteiger partial charge is 0.220 e.